The minimum atomic E-state index is -0.585. The van der Waals surface area contributed by atoms with Gasteiger partial charge in [0.1, 0.15) is 0 Å². The molecule has 1 saturated carbocycles. The van der Waals surface area contributed by atoms with Crippen molar-refractivity contribution in [2.24, 2.45) is 11.7 Å². The molecule has 0 aromatic rings. The maximum atomic E-state index is 10.8. The minimum Gasteiger partial charge on any atom is -0.388 e. The van der Waals surface area contributed by atoms with Gasteiger partial charge in [-0.05, 0) is 37.4 Å². The maximum Gasteiger partial charge on any atom is 0.0837 e. The highest BCUT2D eigenvalue weighted by Crippen LogP contribution is 2.43. The molecule has 1 heterocycles. The molecule has 3 unspecified atom stereocenters. The number of rotatable bonds is 1. The van der Waals surface area contributed by atoms with E-state index in [0.717, 1.165) is 37.9 Å². The minimum absolute atomic E-state index is 0.315. The topological polar surface area (TPSA) is 46.2 Å². The van der Waals surface area contributed by atoms with Crippen LogP contribution in [0.2, 0.25) is 0 Å². The Bertz CT molecular complexity index is 228. The molecule has 2 nitrogen and oxygen atoms in total. The average molecular weight is 229 g/mol. The predicted molar refractivity (Wildman–Crippen MR) is 66.1 cm³/mol. The van der Waals surface area contributed by atoms with E-state index in [0.29, 0.717) is 5.92 Å². The van der Waals surface area contributed by atoms with Crippen LogP contribution in [0.25, 0.3) is 0 Å². The Labute approximate surface area is 97.0 Å². The van der Waals surface area contributed by atoms with Gasteiger partial charge in [-0.25, -0.2) is 0 Å². The molecule has 2 rings (SSSR count). The molecule has 3 atom stereocenters. The summed E-state index contributed by atoms with van der Waals surface area (Å²) in [4.78, 5) is 0. The lowest BCUT2D eigenvalue weighted by molar-refractivity contribution is -0.0728. The Morgan fingerprint density at radius 3 is 2.73 bits per heavy atom. The fraction of sp³-hybridized carbons (Fsp3) is 1.00. The molecular weight excluding hydrogens is 206 g/mol. The van der Waals surface area contributed by atoms with E-state index < -0.39 is 5.60 Å². The normalized spacial score (nSPS) is 47.8. The lowest BCUT2D eigenvalue weighted by atomic mass is 9.67. The first kappa shape index (κ1) is 11.7. The molecule has 15 heavy (non-hydrogen) atoms. The SMILES string of the molecule is CC1CCCC(O)(C2(N)CCCSC2)C1. The lowest BCUT2D eigenvalue weighted by Gasteiger charge is -2.50. The molecule has 88 valence electrons. The summed E-state index contributed by atoms with van der Waals surface area (Å²) in [5.74, 6) is 2.79. The first-order chi connectivity index (χ1) is 7.06. The van der Waals surface area contributed by atoms with Crippen molar-refractivity contribution in [3.8, 4) is 0 Å². The molecule has 2 fully saturated rings. The molecule has 3 N–H and O–H groups in total. The monoisotopic (exact) mass is 229 g/mol. The van der Waals surface area contributed by atoms with Gasteiger partial charge in [0, 0.05) is 5.75 Å². The van der Waals surface area contributed by atoms with E-state index in [1.165, 1.54) is 12.2 Å². The van der Waals surface area contributed by atoms with E-state index in [4.69, 9.17) is 5.73 Å². The third-order valence-corrected chi connectivity index (χ3v) is 5.47. The molecule has 1 aliphatic heterocycles. The van der Waals surface area contributed by atoms with E-state index in [9.17, 15) is 5.11 Å². The zero-order valence-corrected chi connectivity index (χ0v) is 10.5. The van der Waals surface area contributed by atoms with Crippen molar-refractivity contribution in [2.75, 3.05) is 11.5 Å². The largest absolute Gasteiger partial charge is 0.388 e. The van der Waals surface area contributed by atoms with E-state index in [2.05, 4.69) is 6.92 Å². The molecule has 2 aliphatic rings. The summed E-state index contributed by atoms with van der Waals surface area (Å²) in [6, 6.07) is 0. The lowest BCUT2D eigenvalue weighted by Crippen LogP contribution is -2.64. The van der Waals surface area contributed by atoms with E-state index in [1.807, 2.05) is 11.8 Å². The van der Waals surface area contributed by atoms with Crippen LogP contribution in [0.15, 0.2) is 0 Å². The van der Waals surface area contributed by atoms with Gasteiger partial charge in [0.25, 0.3) is 0 Å². The highest BCUT2D eigenvalue weighted by atomic mass is 32.2. The van der Waals surface area contributed by atoms with Crippen molar-refractivity contribution in [1.82, 2.24) is 0 Å². The van der Waals surface area contributed by atoms with E-state index in [1.54, 1.807) is 0 Å². The molecule has 3 heteroatoms. The standard InChI is InChI=1S/C12H23NOS/c1-10-4-2-6-12(14,8-10)11(13)5-3-7-15-9-11/h10,14H,2-9,13H2,1H3. The third kappa shape index (κ3) is 2.20. The smallest absolute Gasteiger partial charge is 0.0837 e. The molecule has 0 amide bonds. The fourth-order valence-corrected chi connectivity index (χ4v) is 4.43. The molecule has 0 aromatic carbocycles. The van der Waals surface area contributed by atoms with Crippen LogP contribution in [0, 0.1) is 5.92 Å². The van der Waals surface area contributed by atoms with Crippen LogP contribution in [0.5, 0.6) is 0 Å². The van der Waals surface area contributed by atoms with Crippen LogP contribution >= 0.6 is 11.8 Å². The summed E-state index contributed by atoms with van der Waals surface area (Å²) in [6.07, 6.45) is 6.38. The van der Waals surface area contributed by atoms with Gasteiger partial charge in [-0.1, -0.05) is 19.8 Å². The number of thioether (sulfide) groups is 1. The van der Waals surface area contributed by atoms with Crippen LogP contribution in [0.4, 0.5) is 0 Å². The molecule has 0 radical (unpaired) electrons. The summed E-state index contributed by atoms with van der Waals surface area (Å²) >= 11 is 1.91. The first-order valence-electron chi connectivity index (χ1n) is 6.15. The Kier molecular flexibility index (Phi) is 3.34. The van der Waals surface area contributed by atoms with Gasteiger partial charge in [0.2, 0.25) is 0 Å². The first-order valence-corrected chi connectivity index (χ1v) is 7.30. The molecular formula is C12H23NOS. The maximum absolute atomic E-state index is 10.8. The zero-order valence-electron chi connectivity index (χ0n) is 9.67. The van der Waals surface area contributed by atoms with Gasteiger partial charge in [-0.3, -0.25) is 0 Å². The Morgan fingerprint density at radius 2 is 2.13 bits per heavy atom. The Morgan fingerprint density at radius 1 is 1.33 bits per heavy atom. The van der Waals surface area contributed by atoms with Gasteiger partial charge < -0.3 is 10.8 Å². The van der Waals surface area contributed by atoms with E-state index in [-0.39, 0.29) is 5.54 Å². The second-order valence-electron chi connectivity index (χ2n) is 5.55. The number of nitrogens with two attached hydrogens (primary N) is 1. The summed E-state index contributed by atoms with van der Waals surface area (Å²) < 4.78 is 0. The highest BCUT2D eigenvalue weighted by molar-refractivity contribution is 7.99. The van der Waals surface area contributed by atoms with Gasteiger partial charge in [0.15, 0.2) is 0 Å². The quantitative estimate of drug-likeness (QED) is 0.724. The molecule has 1 saturated heterocycles. The average Bonchev–Trinajstić information content (AvgIpc) is 2.18. The molecule has 0 spiro atoms. The van der Waals surface area contributed by atoms with Gasteiger partial charge in [-0.15, -0.1) is 0 Å². The summed E-state index contributed by atoms with van der Waals surface area (Å²) in [6.45, 7) is 2.24. The van der Waals surface area contributed by atoms with Crippen molar-refractivity contribution in [3.05, 3.63) is 0 Å². The van der Waals surface area contributed by atoms with E-state index >= 15 is 0 Å². The fourth-order valence-electron chi connectivity index (χ4n) is 3.16. The predicted octanol–water partition coefficient (Wildman–Crippen LogP) is 2.15. The van der Waals surface area contributed by atoms with Crippen molar-refractivity contribution in [3.63, 3.8) is 0 Å². The van der Waals surface area contributed by atoms with Crippen molar-refractivity contribution in [1.29, 1.82) is 0 Å². The summed E-state index contributed by atoms with van der Waals surface area (Å²) in [7, 11) is 0. The highest BCUT2D eigenvalue weighted by Gasteiger charge is 2.49. The summed E-state index contributed by atoms with van der Waals surface area (Å²) in [5.41, 5.74) is 5.56. The number of hydrogen-bond acceptors (Lipinski definition) is 3. The van der Waals surface area contributed by atoms with Gasteiger partial charge in [0.05, 0.1) is 11.1 Å². The summed E-state index contributed by atoms with van der Waals surface area (Å²) in [5, 5.41) is 10.8. The Hall–Kier alpha value is 0.270. The van der Waals surface area contributed by atoms with Crippen LogP contribution < -0.4 is 5.73 Å². The zero-order chi connectivity index (χ0) is 10.9. The van der Waals surface area contributed by atoms with Crippen molar-refractivity contribution >= 4 is 11.8 Å². The second-order valence-corrected chi connectivity index (χ2v) is 6.65. The van der Waals surface area contributed by atoms with Crippen LogP contribution in [-0.2, 0) is 0 Å². The molecule has 0 bridgehead atoms. The number of aliphatic hydroxyl groups is 1. The number of hydrogen-bond donors (Lipinski definition) is 2. The van der Waals surface area contributed by atoms with Crippen LogP contribution in [-0.4, -0.2) is 27.8 Å². The second kappa shape index (κ2) is 4.27. The Balaban J connectivity index is 2.11. The van der Waals surface area contributed by atoms with Gasteiger partial charge >= 0.3 is 0 Å². The molecule has 0 aromatic heterocycles. The van der Waals surface area contributed by atoms with Crippen molar-refractivity contribution in [2.45, 2.75) is 56.6 Å². The van der Waals surface area contributed by atoms with Gasteiger partial charge in [-0.2, -0.15) is 11.8 Å². The van der Waals surface area contributed by atoms with Crippen LogP contribution in [0.3, 0.4) is 0 Å². The van der Waals surface area contributed by atoms with Crippen molar-refractivity contribution < 1.29 is 5.11 Å². The third-order valence-electron chi connectivity index (χ3n) is 4.17. The molecule has 1 aliphatic carbocycles. The van der Waals surface area contributed by atoms with Crippen LogP contribution in [0.1, 0.15) is 45.4 Å².